The molecule has 1 heterocycles. The second kappa shape index (κ2) is 5.08. The number of hydrogen-bond donors (Lipinski definition) is 1. The van der Waals surface area contributed by atoms with Crippen LogP contribution >= 0.6 is 0 Å². The van der Waals surface area contributed by atoms with E-state index in [2.05, 4.69) is 11.8 Å². The first-order chi connectivity index (χ1) is 6.13. The van der Waals surface area contributed by atoms with Crippen LogP contribution in [0.25, 0.3) is 0 Å². The molecule has 1 rings (SSSR count). The highest BCUT2D eigenvalue weighted by Crippen LogP contribution is 2.09. The van der Waals surface area contributed by atoms with Crippen LogP contribution in [0, 0.1) is 0 Å². The number of β-amino-alcohol motifs (C(OH)–C–C–N with tert-alkyl or cyclic N) is 1. The Kier molecular flexibility index (Phi) is 4.35. The van der Waals surface area contributed by atoms with Crippen LogP contribution in [-0.2, 0) is 10.8 Å². The molecule has 0 aliphatic carbocycles. The van der Waals surface area contributed by atoms with Gasteiger partial charge in [-0.1, -0.05) is 6.92 Å². The van der Waals surface area contributed by atoms with Gasteiger partial charge >= 0.3 is 0 Å². The second-order valence-corrected chi connectivity index (χ2v) is 5.34. The van der Waals surface area contributed by atoms with Gasteiger partial charge in [-0.2, -0.15) is 0 Å². The molecule has 1 aliphatic rings. The quantitative estimate of drug-likeness (QED) is 0.716. The summed E-state index contributed by atoms with van der Waals surface area (Å²) in [5.41, 5.74) is 0. The summed E-state index contributed by atoms with van der Waals surface area (Å²) in [4.78, 5) is 2.23. The molecule has 0 spiro atoms. The van der Waals surface area contributed by atoms with Gasteiger partial charge in [0.2, 0.25) is 0 Å². The zero-order valence-electron chi connectivity index (χ0n) is 8.40. The monoisotopic (exact) mass is 205 g/mol. The minimum Gasteiger partial charge on any atom is -0.392 e. The van der Waals surface area contributed by atoms with Crippen LogP contribution in [0.4, 0.5) is 0 Å². The van der Waals surface area contributed by atoms with Crippen molar-refractivity contribution < 1.29 is 9.32 Å². The van der Waals surface area contributed by atoms with E-state index in [9.17, 15) is 9.32 Å². The average Bonchev–Trinajstić information content (AvgIpc) is 2.09. The summed E-state index contributed by atoms with van der Waals surface area (Å²) in [6.45, 7) is 5.66. The zero-order chi connectivity index (χ0) is 9.84. The van der Waals surface area contributed by atoms with Crippen LogP contribution in [0.2, 0.25) is 0 Å². The second-order valence-electron chi connectivity index (χ2n) is 3.72. The molecule has 1 fully saturated rings. The normalized spacial score (nSPS) is 33.2. The van der Waals surface area contributed by atoms with E-state index < -0.39 is 10.8 Å². The van der Waals surface area contributed by atoms with Crippen molar-refractivity contribution in [3.8, 4) is 0 Å². The largest absolute Gasteiger partial charge is 0.392 e. The van der Waals surface area contributed by atoms with E-state index in [1.54, 1.807) is 0 Å². The Morgan fingerprint density at radius 2 is 2.38 bits per heavy atom. The summed E-state index contributed by atoms with van der Waals surface area (Å²) >= 11 is 0. The smallest absolute Gasteiger partial charge is 0.0664 e. The summed E-state index contributed by atoms with van der Waals surface area (Å²) in [5, 5.41) is 9.48. The lowest BCUT2D eigenvalue weighted by Gasteiger charge is -2.33. The fourth-order valence-electron chi connectivity index (χ4n) is 1.57. The van der Waals surface area contributed by atoms with Crippen LogP contribution in [0.1, 0.15) is 20.3 Å². The maximum Gasteiger partial charge on any atom is 0.0664 e. The first-order valence-corrected chi connectivity index (χ1v) is 6.39. The fourth-order valence-corrected chi connectivity index (χ4v) is 2.92. The standard InChI is InChI=1S/C9H19NO2S/c1-3-9(11)6-10-4-5-13(12)7-8(10)2/h8-9,11H,3-7H2,1-2H3/t8?,9-,13?/m0/s1. The highest BCUT2D eigenvalue weighted by Gasteiger charge is 2.23. The fraction of sp³-hybridized carbons (Fsp3) is 1.00. The van der Waals surface area contributed by atoms with Crippen molar-refractivity contribution in [1.29, 1.82) is 0 Å². The third-order valence-corrected chi connectivity index (χ3v) is 4.07. The van der Waals surface area contributed by atoms with Gasteiger partial charge in [-0.25, -0.2) is 0 Å². The van der Waals surface area contributed by atoms with E-state index in [4.69, 9.17) is 0 Å². The molecule has 0 aromatic heterocycles. The van der Waals surface area contributed by atoms with Crippen molar-refractivity contribution in [3.63, 3.8) is 0 Å². The maximum atomic E-state index is 11.2. The van der Waals surface area contributed by atoms with Crippen molar-refractivity contribution in [2.75, 3.05) is 24.6 Å². The molecule has 0 radical (unpaired) electrons. The van der Waals surface area contributed by atoms with E-state index >= 15 is 0 Å². The van der Waals surface area contributed by atoms with Crippen molar-refractivity contribution in [2.24, 2.45) is 0 Å². The molecule has 13 heavy (non-hydrogen) atoms. The highest BCUT2D eigenvalue weighted by atomic mass is 32.2. The zero-order valence-corrected chi connectivity index (χ0v) is 9.22. The van der Waals surface area contributed by atoms with E-state index in [-0.39, 0.29) is 6.10 Å². The number of nitrogens with zero attached hydrogens (tertiary/aromatic N) is 1. The van der Waals surface area contributed by atoms with Gasteiger partial charge in [0.05, 0.1) is 6.10 Å². The molecule has 0 aromatic rings. The lowest BCUT2D eigenvalue weighted by molar-refractivity contribution is 0.0952. The van der Waals surface area contributed by atoms with Gasteiger partial charge in [-0.05, 0) is 13.3 Å². The molecular formula is C9H19NO2S. The molecular weight excluding hydrogens is 186 g/mol. The van der Waals surface area contributed by atoms with Gasteiger partial charge < -0.3 is 5.11 Å². The maximum absolute atomic E-state index is 11.2. The molecule has 3 atom stereocenters. The van der Waals surface area contributed by atoms with Crippen LogP contribution in [0.3, 0.4) is 0 Å². The molecule has 1 saturated heterocycles. The minimum absolute atomic E-state index is 0.228. The van der Waals surface area contributed by atoms with Gasteiger partial charge in [-0.15, -0.1) is 0 Å². The molecule has 3 nitrogen and oxygen atoms in total. The van der Waals surface area contributed by atoms with E-state index in [1.807, 2.05) is 6.92 Å². The molecule has 0 amide bonds. The number of rotatable bonds is 3. The highest BCUT2D eigenvalue weighted by molar-refractivity contribution is 7.85. The van der Waals surface area contributed by atoms with Gasteiger partial charge in [0, 0.05) is 41.4 Å². The predicted octanol–water partition coefficient (Wildman–Crippen LogP) is 0.210. The molecule has 0 bridgehead atoms. The molecule has 1 aliphatic heterocycles. The Morgan fingerprint density at radius 1 is 1.69 bits per heavy atom. The summed E-state index contributed by atoms with van der Waals surface area (Å²) in [5.74, 6) is 1.53. The van der Waals surface area contributed by atoms with Crippen LogP contribution < -0.4 is 0 Å². The van der Waals surface area contributed by atoms with Gasteiger partial charge in [-0.3, -0.25) is 9.11 Å². The van der Waals surface area contributed by atoms with Gasteiger partial charge in [0.15, 0.2) is 0 Å². The van der Waals surface area contributed by atoms with Crippen LogP contribution in [0.5, 0.6) is 0 Å². The van der Waals surface area contributed by atoms with E-state index in [1.165, 1.54) is 0 Å². The third-order valence-electron chi connectivity index (χ3n) is 2.57. The summed E-state index contributed by atoms with van der Waals surface area (Å²) in [7, 11) is -0.631. The molecule has 78 valence electrons. The third kappa shape index (κ3) is 3.37. The van der Waals surface area contributed by atoms with Crippen molar-refractivity contribution >= 4 is 10.8 Å². The van der Waals surface area contributed by atoms with E-state index in [0.29, 0.717) is 6.04 Å². The summed E-state index contributed by atoms with van der Waals surface area (Å²) in [6, 6.07) is 0.357. The lowest BCUT2D eigenvalue weighted by atomic mass is 10.2. The Morgan fingerprint density at radius 3 is 2.92 bits per heavy atom. The van der Waals surface area contributed by atoms with Crippen molar-refractivity contribution in [1.82, 2.24) is 4.90 Å². The topological polar surface area (TPSA) is 40.5 Å². The minimum atomic E-state index is -0.631. The number of aliphatic hydroxyl groups excluding tert-OH is 1. The molecule has 1 N–H and O–H groups in total. The first kappa shape index (κ1) is 11.1. The molecule has 0 saturated carbocycles. The molecule has 4 heteroatoms. The molecule has 2 unspecified atom stereocenters. The van der Waals surface area contributed by atoms with Crippen LogP contribution in [-0.4, -0.2) is 51.0 Å². The van der Waals surface area contributed by atoms with Gasteiger partial charge in [0.25, 0.3) is 0 Å². The molecule has 0 aromatic carbocycles. The van der Waals surface area contributed by atoms with E-state index in [0.717, 1.165) is 31.0 Å². The van der Waals surface area contributed by atoms with Crippen LogP contribution in [0.15, 0.2) is 0 Å². The Hall–Kier alpha value is 0.0700. The summed E-state index contributed by atoms with van der Waals surface area (Å²) in [6.07, 6.45) is 0.570. The van der Waals surface area contributed by atoms with Crippen molar-refractivity contribution in [2.45, 2.75) is 32.4 Å². The Labute approximate surface area is 82.6 Å². The van der Waals surface area contributed by atoms with Crippen molar-refractivity contribution in [3.05, 3.63) is 0 Å². The number of hydrogen-bond acceptors (Lipinski definition) is 3. The number of aliphatic hydroxyl groups is 1. The van der Waals surface area contributed by atoms with Gasteiger partial charge in [0.1, 0.15) is 0 Å². The Bertz CT molecular complexity index is 186. The Balaban J connectivity index is 2.37. The first-order valence-electron chi connectivity index (χ1n) is 4.90. The average molecular weight is 205 g/mol. The SMILES string of the molecule is CC[C@H](O)CN1CCS(=O)CC1C. The predicted molar refractivity (Wildman–Crippen MR) is 55.2 cm³/mol. The summed E-state index contributed by atoms with van der Waals surface area (Å²) < 4.78 is 11.2. The lowest BCUT2D eigenvalue weighted by Crippen LogP contribution is -2.47.